The monoisotopic (exact) mass is 341 g/mol. The first-order chi connectivity index (χ1) is 11.0. The number of methoxy groups -OCH3 is 1. The number of nitrogens with zero attached hydrogens (tertiary/aromatic N) is 1. The van der Waals surface area contributed by atoms with Crippen molar-refractivity contribution in [1.29, 1.82) is 0 Å². The molecule has 1 heterocycles. The number of benzene rings is 1. The average molecular weight is 341 g/mol. The van der Waals surface area contributed by atoms with Crippen molar-refractivity contribution in [3.8, 4) is 0 Å². The molecule has 0 aliphatic carbocycles. The molecule has 0 saturated carbocycles. The summed E-state index contributed by atoms with van der Waals surface area (Å²) < 4.78 is 30.0. The molecule has 0 atom stereocenters. The highest BCUT2D eigenvalue weighted by Gasteiger charge is 2.28. The Kier molecular flexibility index (Phi) is 6.37. The van der Waals surface area contributed by atoms with Crippen LogP contribution < -0.4 is 14.9 Å². The van der Waals surface area contributed by atoms with Crippen molar-refractivity contribution in [2.75, 3.05) is 50.0 Å². The summed E-state index contributed by atoms with van der Waals surface area (Å²) in [6.45, 7) is 3.06. The van der Waals surface area contributed by atoms with Gasteiger partial charge in [0.05, 0.1) is 18.0 Å². The topological polar surface area (TPSA) is 87.7 Å². The molecule has 23 heavy (non-hydrogen) atoms. The molecule has 1 amide bonds. The number of rotatable bonds is 8. The molecule has 2 N–H and O–H groups in total. The van der Waals surface area contributed by atoms with Crippen LogP contribution in [0.3, 0.4) is 0 Å². The Hall–Kier alpha value is -1.64. The van der Waals surface area contributed by atoms with Crippen LogP contribution in [-0.4, -0.2) is 60.0 Å². The molecule has 1 aliphatic heterocycles. The maximum Gasteiger partial charge on any atom is 0.251 e. The molecule has 0 bridgehead atoms. The van der Waals surface area contributed by atoms with Gasteiger partial charge >= 0.3 is 0 Å². The third-order valence-electron chi connectivity index (χ3n) is 3.59. The zero-order chi connectivity index (χ0) is 16.7. The van der Waals surface area contributed by atoms with Gasteiger partial charge in [0.25, 0.3) is 5.91 Å². The lowest BCUT2D eigenvalue weighted by atomic mass is 10.2. The zero-order valence-electron chi connectivity index (χ0n) is 13.2. The average Bonchev–Trinajstić information content (AvgIpc) is 2.90. The van der Waals surface area contributed by atoms with Gasteiger partial charge in [0, 0.05) is 38.9 Å². The minimum Gasteiger partial charge on any atom is -0.383 e. The molecule has 1 saturated heterocycles. The number of nitrogens with one attached hydrogen (secondary N) is 2. The minimum atomic E-state index is -3.18. The molecule has 0 unspecified atom stereocenters. The highest BCUT2D eigenvalue weighted by molar-refractivity contribution is 7.93. The van der Waals surface area contributed by atoms with Crippen LogP contribution in [0.5, 0.6) is 0 Å². The highest BCUT2D eigenvalue weighted by atomic mass is 32.2. The summed E-state index contributed by atoms with van der Waals surface area (Å²) in [7, 11) is -1.54. The van der Waals surface area contributed by atoms with E-state index in [1.807, 2.05) is 0 Å². The normalized spacial score (nSPS) is 16.5. The smallest absolute Gasteiger partial charge is 0.251 e. The fraction of sp³-hybridized carbons (Fsp3) is 0.533. The van der Waals surface area contributed by atoms with Gasteiger partial charge < -0.3 is 15.4 Å². The number of carbonyl (C=O) groups excluding carboxylic acids is 1. The van der Waals surface area contributed by atoms with Gasteiger partial charge in [-0.1, -0.05) is 0 Å². The Labute approximate surface area is 137 Å². The second-order valence-electron chi connectivity index (χ2n) is 5.29. The van der Waals surface area contributed by atoms with Crippen LogP contribution in [-0.2, 0) is 14.8 Å². The van der Waals surface area contributed by atoms with Crippen molar-refractivity contribution in [3.05, 3.63) is 29.8 Å². The van der Waals surface area contributed by atoms with Gasteiger partial charge in [-0.3, -0.25) is 9.10 Å². The lowest BCUT2D eigenvalue weighted by Gasteiger charge is -2.17. The van der Waals surface area contributed by atoms with Crippen LogP contribution in [0.4, 0.5) is 5.69 Å². The fourth-order valence-corrected chi connectivity index (χ4v) is 3.94. The first kappa shape index (κ1) is 17.7. The molecule has 8 heteroatoms. The predicted octanol–water partition coefficient (Wildman–Crippen LogP) is 0.192. The fourth-order valence-electron chi connectivity index (χ4n) is 2.37. The minimum absolute atomic E-state index is 0.172. The van der Waals surface area contributed by atoms with E-state index >= 15 is 0 Å². The molecule has 1 aliphatic rings. The Morgan fingerprint density at radius 3 is 2.57 bits per heavy atom. The third kappa shape index (κ3) is 4.92. The van der Waals surface area contributed by atoms with Gasteiger partial charge in [0.15, 0.2) is 0 Å². The van der Waals surface area contributed by atoms with Gasteiger partial charge in [-0.25, -0.2) is 8.42 Å². The number of anilines is 1. The van der Waals surface area contributed by atoms with Crippen LogP contribution in [0.25, 0.3) is 0 Å². The van der Waals surface area contributed by atoms with E-state index in [4.69, 9.17) is 4.74 Å². The number of hydrogen-bond acceptors (Lipinski definition) is 5. The van der Waals surface area contributed by atoms with E-state index in [-0.39, 0.29) is 11.7 Å². The van der Waals surface area contributed by atoms with Gasteiger partial charge in [0.2, 0.25) is 10.0 Å². The first-order valence-electron chi connectivity index (χ1n) is 7.63. The molecule has 1 aromatic rings. The molecule has 2 rings (SSSR count). The summed E-state index contributed by atoms with van der Waals surface area (Å²) >= 11 is 0. The van der Waals surface area contributed by atoms with Crippen molar-refractivity contribution in [3.63, 3.8) is 0 Å². The summed E-state index contributed by atoms with van der Waals surface area (Å²) in [5, 5.41) is 5.94. The number of carbonyl (C=O) groups is 1. The molecule has 0 aromatic heterocycles. The molecule has 0 radical (unpaired) electrons. The van der Waals surface area contributed by atoms with Crippen molar-refractivity contribution in [2.24, 2.45) is 0 Å². The standard InChI is InChI=1S/C15H23N3O4S/c1-22-11-9-16-7-8-17-15(19)13-3-5-14(6-4-13)18-10-2-12-23(18,20)21/h3-6,16H,2,7-12H2,1H3,(H,17,19). The van der Waals surface area contributed by atoms with E-state index in [1.54, 1.807) is 31.4 Å². The second-order valence-corrected chi connectivity index (χ2v) is 7.30. The largest absolute Gasteiger partial charge is 0.383 e. The maximum atomic E-state index is 12.0. The first-order valence-corrected chi connectivity index (χ1v) is 9.24. The lowest BCUT2D eigenvalue weighted by molar-refractivity contribution is 0.0953. The van der Waals surface area contributed by atoms with Crippen LogP contribution in [0, 0.1) is 0 Å². The summed E-state index contributed by atoms with van der Waals surface area (Å²) in [4.78, 5) is 12.0. The van der Waals surface area contributed by atoms with E-state index in [2.05, 4.69) is 10.6 Å². The molecule has 128 valence electrons. The van der Waals surface area contributed by atoms with E-state index in [0.717, 1.165) is 6.54 Å². The molecule has 1 fully saturated rings. The Morgan fingerprint density at radius 1 is 1.22 bits per heavy atom. The Morgan fingerprint density at radius 2 is 1.96 bits per heavy atom. The van der Waals surface area contributed by atoms with Crippen LogP contribution in [0.1, 0.15) is 16.8 Å². The number of amides is 1. The molecular formula is C15H23N3O4S. The van der Waals surface area contributed by atoms with Crippen molar-refractivity contribution in [2.45, 2.75) is 6.42 Å². The van der Waals surface area contributed by atoms with E-state index in [1.165, 1.54) is 4.31 Å². The maximum absolute atomic E-state index is 12.0. The number of ether oxygens (including phenoxy) is 1. The third-order valence-corrected chi connectivity index (χ3v) is 5.46. The molecule has 1 aromatic carbocycles. The Bertz CT molecular complexity index is 616. The molecule has 0 spiro atoms. The van der Waals surface area contributed by atoms with E-state index in [0.29, 0.717) is 43.9 Å². The summed E-state index contributed by atoms with van der Waals surface area (Å²) in [6.07, 6.45) is 0.640. The van der Waals surface area contributed by atoms with Gasteiger partial charge in [0.1, 0.15) is 0 Å². The SMILES string of the molecule is COCCNCCNC(=O)c1ccc(N2CCCS2(=O)=O)cc1. The summed E-state index contributed by atoms with van der Waals surface area (Å²) in [5.41, 5.74) is 1.13. The molecular weight excluding hydrogens is 318 g/mol. The van der Waals surface area contributed by atoms with E-state index < -0.39 is 10.0 Å². The second kappa shape index (κ2) is 8.28. The van der Waals surface area contributed by atoms with E-state index in [9.17, 15) is 13.2 Å². The van der Waals surface area contributed by atoms with Crippen LogP contribution >= 0.6 is 0 Å². The summed E-state index contributed by atoms with van der Waals surface area (Å²) in [6, 6.07) is 6.65. The van der Waals surface area contributed by atoms with Crippen molar-refractivity contribution >= 4 is 21.6 Å². The predicted molar refractivity (Wildman–Crippen MR) is 89.3 cm³/mol. The van der Waals surface area contributed by atoms with Gasteiger partial charge in [-0.05, 0) is 30.7 Å². The number of hydrogen-bond donors (Lipinski definition) is 2. The van der Waals surface area contributed by atoms with Gasteiger partial charge in [-0.2, -0.15) is 0 Å². The summed E-state index contributed by atoms with van der Waals surface area (Å²) in [5.74, 6) is 0.0139. The zero-order valence-corrected chi connectivity index (χ0v) is 14.1. The lowest BCUT2D eigenvalue weighted by Crippen LogP contribution is -2.33. The highest BCUT2D eigenvalue weighted by Crippen LogP contribution is 2.24. The quantitative estimate of drug-likeness (QED) is 0.659. The van der Waals surface area contributed by atoms with Crippen molar-refractivity contribution in [1.82, 2.24) is 10.6 Å². The van der Waals surface area contributed by atoms with Crippen LogP contribution in [0.2, 0.25) is 0 Å². The van der Waals surface area contributed by atoms with Crippen molar-refractivity contribution < 1.29 is 17.9 Å². The Balaban J connectivity index is 1.83. The number of sulfonamides is 1. The van der Waals surface area contributed by atoms with Gasteiger partial charge in [-0.15, -0.1) is 0 Å². The van der Waals surface area contributed by atoms with Crippen LogP contribution in [0.15, 0.2) is 24.3 Å². The molecule has 7 nitrogen and oxygen atoms in total.